The van der Waals surface area contributed by atoms with Gasteiger partial charge in [-0.05, 0) is 54.7 Å². The van der Waals surface area contributed by atoms with Crippen LogP contribution in [0.2, 0.25) is 0 Å². The van der Waals surface area contributed by atoms with Gasteiger partial charge in [0.25, 0.3) is 0 Å². The third-order valence-corrected chi connectivity index (χ3v) is 6.20. The van der Waals surface area contributed by atoms with E-state index in [9.17, 15) is 9.59 Å². The van der Waals surface area contributed by atoms with Gasteiger partial charge in [-0.25, -0.2) is 0 Å². The minimum Gasteiger partial charge on any atom is -0.497 e. The van der Waals surface area contributed by atoms with E-state index in [1.165, 1.54) is 0 Å². The number of piperidine rings is 1. The van der Waals surface area contributed by atoms with Crippen LogP contribution in [0.5, 0.6) is 5.75 Å². The molecule has 2 amide bonds. The summed E-state index contributed by atoms with van der Waals surface area (Å²) in [5, 5.41) is 5.26. The summed E-state index contributed by atoms with van der Waals surface area (Å²) < 4.78 is 5.29. The van der Waals surface area contributed by atoms with E-state index in [2.05, 4.69) is 18.3 Å². The second-order valence-corrected chi connectivity index (χ2v) is 8.29. The lowest BCUT2D eigenvalue weighted by Gasteiger charge is -2.33. The van der Waals surface area contributed by atoms with Crippen LogP contribution < -0.4 is 10.1 Å². The van der Waals surface area contributed by atoms with Crippen molar-refractivity contribution in [3.8, 4) is 5.75 Å². The van der Waals surface area contributed by atoms with E-state index < -0.39 is 0 Å². The number of carbonyl (C=O) groups excluding carboxylic acids is 2. The highest BCUT2D eigenvalue weighted by atomic mass is 16.5. The molecule has 2 aromatic rings. The maximum atomic E-state index is 13.1. The van der Waals surface area contributed by atoms with Gasteiger partial charge in [0.2, 0.25) is 11.8 Å². The quantitative estimate of drug-likeness (QED) is 0.652. The van der Waals surface area contributed by atoms with Gasteiger partial charge < -0.3 is 15.0 Å². The first kappa shape index (κ1) is 22.1. The summed E-state index contributed by atoms with van der Waals surface area (Å²) in [5.41, 5.74) is 1.02. The summed E-state index contributed by atoms with van der Waals surface area (Å²) >= 11 is 0. The van der Waals surface area contributed by atoms with Gasteiger partial charge in [0.1, 0.15) is 5.75 Å². The fraction of sp³-hybridized carbons (Fsp3) is 0.520. The average molecular weight is 411 g/mol. The van der Waals surface area contributed by atoms with Crippen molar-refractivity contribution in [1.29, 1.82) is 0 Å². The summed E-state index contributed by atoms with van der Waals surface area (Å²) in [7, 11) is 1.66. The summed E-state index contributed by atoms with van der Waals surface area (Å²) in [6.45, 7) is 6.20. The first-order valence-corrected chi connectivity index (χ1v) is 11.2. The van der Waals surface area contributed by atoms with Gasteiger partial charge in [0.15, 0.2) is 0 Å². The molecule has 2 aromatic carbocycles. The zero-order chi connectivity index (χ0) is 21.5. The molecule has 1 atom stereocenters. The molecule has 1 aliphatic heterocycles. The van der Waals surface area contributed by atoms with E-state index in [0.29, 0.717) is 13.1 Å². The normalized spacial score (nSPS) is 15.8. The number of amides is 2. The zero-order valence-corrected chi connectivity index (χ0v) is 18.4. The minimum absolute atomic E-state index is 0.0293. The van der Waals surface area contributed by atoms with Crippen LogP contribution in [0, 0.1) is 5.92 Å². The van der Waals surface area contributed by atoms with Crippen LogP contribution in [0.3, 0.4) is 0 Å². The van der Waals surface area contributed by atoms with Crippen LogP contribution in [-0.4, -0.2) is 43.5 Å². The number of unbranched alkanes of at least 4 members (excludes halogenated alkanes) is 2. The zero-order valence-electron chi connectivity index (χ0n) is 18.4. The third-order valence-electron chi connectivity index (χ3n) is 6.20. The van der Waals surface area contributed by atoms with E-state index in [1.54, 1.807) is 7.11 Å². The van der Waals surface area contributed by atoms with Gasteiger partial charge in [-0.2, -0.15) is 0 Å². The van der Waals surface area contributed by atoms with Crippen molar-refractivity contribution in [1.82, 2.24) is 10.2 Å². The lowest BCUT2D eigenvalue weighted by atomic mass is 9.92. The second kappa shape index (κ2) is 10.5. The standard InChI is InChI=1S/C25H34N2O3/c1-4-5-6-13-26-24(28)19-11-14-27(15-12-19)25(29)18(2)20-7-8-22-17-23(30-3)10-9-21(22)16-20/h7-10,16-19H,4-6,11-15H2,1-3H3,(H,26,28)/t18-/m0/s1. The van der Waals surface area contributed by atoms with Crippen LogP contribution in [0.25, 0.3) is 10.8 Å². The molecule has 0 aromatic heterocycles. The van der Waals surface area contributed by atoms with Crippen molar-refractivity contribution in [2.45, 2.75) is 51.9 Å². The number of carbonyl (C=O) groups is 2. The first-order chi connectivity index (χ1) is 14.5. The maximum Gasteiger partial charge on any atom is 0.229 e. The highest BCUT2D eigenvalue weighted by Crippen LogP contribution is 2.27. The van der Waals surface area contributed by atoms with Crippen molar-refractivity contribution < 1.29 is 14.3 Å². The van der Waals surface area contributed by atoms with Crippen molar-refractivity contribution in [3.63, 3.8) is 0 Å². The molecule has 0 aliphatic carbocycles. The number of rotatable bonds is 8. The highest BCUT2D eigenvalue weighted by molar-refractivity contribution is 5.88. The Kier molecular flexibility index (Phi) is 7.72. The van der Waals surface area contributed by atoms with Crippen molar-refractivity contribution in [2.75, 3.05) is 26.7 Å². The van der Waals surface area contributed by atoms with Gasteiger partial charge in [-0.1, -0.05) is 44.0 Å². The van der Waals surface area contributed by atoms with Crippen molar-refractivity contribution in [2.24, 2.45) is 5.92 Å². The van der Waals surface area contributed by atoms with E-state index >= 15 is 0 Å². The first-order valence-electron chi connectivity index (χ1n) is 11.2. The maximum absolute atomic E-state index is 13.1. The summed E-state index contributed by atoms with van der Waals surface area (Å²) in [6, 6.07) is 12.1. The molecular formula is C25H34N2O3. The van der Waals surface area contributed by atoms with E-state index in [-0.39, 0.29) is 23.7 Å². The molecule has 1 heterocycles. The fourth-order valence-electron chi connectivity index (χ4n) is 4.15. The molecule has 30 heavy (non-hydrogen) atoms. The van der Waals surface area contributed by atoms with Gasteiger partial charge in [0.05, 0.1) is 13.0 Å². The molecular weight excluding hydrogens is 376 g/mol. The Morgan fingerprint density at radius 2 is 1.80 bits per heavy atom. The number of hydrogen-bond acceptors (Lipinski definition) is 3. The molecule has 0 bridgehead atoms. The second-order valence-electron chi connectivity index (χ2n) is 8.29. The number of hydrogen-bond donors (Lipinski definition) is 1. The Morgan fingerprint density at radius 1 is 1.10 bits per heavy atom. The molecule has 0 unspecified atom stereocenters. The van der Waals surface area contributed by atoms with Gasteiger partial charge in [-0.3, -0.25) is 9.59 Å². The molecule has 5 nitrogen and oxygen atoms in total. The van der Waals surface area contributed by atoms with Gasteiger partial charge in [0, 0.05) is 25.6 Å². The lowest BCUT2D eigenvalue weighted by molar-refractivity contribution is -0.136. The number of fused-ring (bicyclic) bond motifs is 1. The molecule has 0 radical (unpaired) electrons. The number of ether oxygens (including phenoxy) is 1. The number of benzene rings is 2. The predicted molar refractivity (Wildman–Crippen MR) is 121 cm³/mol. The number of nitrogens with zero attached hydrogens (tertiary/aromatic N) is 1. The van der Waals surface area contributed by atoms with E-state index in [4.69, 9.17) is 4.74 Å². The Labute approximate surface area is 179 Å². The highest BCUT2D eigenvalue weighted by Gasteiger charge is 2.29. The summed E-state index contributed by atoms with van der Waals surface area (Å²) in [5.74, 6) is 0.954. The molecule has 1 N–H and O–H groups in total. The van der Waals surface area contributed by atoms with Gasteiger partial charge >= 0.3 is 0 Å². The SMILES string of the molecule is CCCCCNC(=O)C1CCN(C(=O)[C@@H](C)c2ccc3cc(OC)ccc3c2)CC1. The molecule has 1 fully saturated rings. The minimum atomic E-state index is -0.198. The number of methoxy groups -OCH3 is 1. The van der Waals surface area contributed by atoms with Crippen LogP contribution in [-0.2, 0) is 9.59 Å². The lowest BCUT2D eigenvalue weighted by Crippen LogP contribution is -2.44. The largest absolute Gasteiger partial charge is 0.497 e. The molecule has 1 saturated heterocycles. The Bertz CT molecular complexity index is 872. The smallest absolute Gasteiger partial charge is 0.229 e. The monoisotopic (exact) mass is 410 g/mol. The Morgan fingerprint density at radius 3 is 2.50 bits per heavy atom. The predicted octanol–water partition coefficient (Wildman–Crippen LogP) is 4.50. The molecule has 5 heteroatoms. The molecule has 3 rings (SSSR count). The van der Waals surface area contributed by atoms with Crippen LogP contribution in [0.1, 0.15) is 57.4 Å². The average Bonchev–Trinajstić information content (AvgIpc) is 2.80. The molecule has 0 spiro atoms. The molecule has 0 saturated carbocycles. The number of nitrogens with one attached hydrogen (secondary N) is 1. The van der Waals surface area contributed by atoms with Crippen molar-refractivity contribution >= 4 is 22.6 Å². The van der Waals surface area contributed by atoms with Crippen LogP contribution in [0.15, 0.2) is 36.4 Å². The fourth-order valence-corrected chi connectivity index (χ4v) is 4.15. The van der Waals surface area contributed by atoms with Crippen LogP contribution in [0.4, 0.5) is 0 Å². The van der Waals surface area contributed by atoms with Crippen molar-refractivity contribution in [3.05, 3.63) is 42.0 Å². The Hall–Kier alpha value is -2.56. The molecule has 1 aliphatic rings. The number of likely N-dealkylation sites (tertiary alicyclic amines) is 1. The summed E-state index contributed by atoms with van der Waals surface area (Å²) in [4.78, 5) is 27.3. The van der Waals surface area contributed by atoms with Gasteiger partial charge in [-0.15, -0.1) is 0 Å². The van der Waals surface area contributed by atoms with E-state index in [0.717, 1.165) is 60.7 Å². The Balaban J connectivity index is 1.55. The van der Waals surface area contributed by atoms with E-state index in [1.807, 2.05) is 42.2 Å². The summed E-state index contributed by atoms with van der Waals surface area (Å²) in [6.07, 6.45) is 4.83. The van der Waals surface area contributed by atoms with Crippen LogP contribution >= 0.6 is 0 Å². The molecule has 162 valence electrons. The topological polar surface area (TPSA) is 58.6 Å². The third kappa shape index (κ3) is 5.32.